The van der Waals surface area contributed by atoms with Crippen molar-refractivity contribution < 1.29 is 13.0 Å². The lowest BCUT2D eigenvalue weighted by atomic mass is 10.1. The Hall–Kier alpha value is -1.26. The Morgan fingerprint density at radius 3 is 2.00 bits per heavy atom. The van der Waals surface area contributed by atoms with Crippen LogP contribution in [0.3, 0.4) is 0 Å². The molecule has 1 aliphatic rings. The van der Waals surface area contributed by atoms with Gasteiger partial charge in [-0.15, -0.1) is 0 Å². The summed E-state index contributed by atoms with van der Waals surface area (Å²) in [6.07, 6.45) is 0. The molecule has 8 nitrogen and oxygen atoms in total. The maximum absolute atomic E-state index is 9.56. The van der Waals surface area contributed by atoms with E-state index in [0.29, 0.717) is 20.8 Å². The first-order valence-electron chi connectivity index (χ1n) is 6.88. The molecule has 0 spiro atoms. The van der Waals surface area contributed by atoms with Crippen molar-refractivity contribution in [1.82, 2.24) is 0 Å². The molecule has 0 bridgehead atoms. The van der Waals surface area contributed by atoms with Crippen molar-refractivity contribution in [2.45, 2.75) is 26.4 Å². The Kier molecular flexibility index (Phi) is 6.94. The summed E-state index contributed by atoms with van der Waals surface area (Å²) in [4.78, 5) is 9.86. The number of anilines is 1. The highest BCUT2D eigenvalue weighted by Crippen LogP contribution is 2.37. The number of halogens is 3. The number of hydrogen-bond donors (Lipinski definition) is 3. The molecule has 0 radical (unpaired) electrons. The number of hydrogen-bond acceptors (Lipinski definition) is 7. The zero-order chi connectivity index (χ0) is 19.6. The monoisotopic (exact) mass is 429 g/mol. The molecule has 0 saturated carbocycles. The molecular weight excluding hydrogens is 413 g/mol. The van der Waals surface area contributed by atoms with Gasteiger partial charge in [-0.2, -0.15) is 13.4 Å². The summed E-state index contributed by atoms with van der Waals surface area (Å²) in [6.45, 7) is 5.06. The minimum Gasteiger partial charge on any atom is -0.369 e. The van der Waals surface area contributed by atoms with Crippen LogP contribution in [0.1, 0.15) is 20.8 Å². The molecule has 1 aliphatic heterocycles. The minimum atomic E-state index is -3.66. The van der Waals surface area contributed by atoms with E-state index < -0.39 is 15.8 Å². The fourth-order valence-electron chi connectivity index (χ4n) is 1.92. The van der Waals surface area contributed by atoms with Crippen LogP contribution in [0.2, 0.25) is 15.1 Å². The topological polar surface area (TPSA) is 134 Å². The molecule has 0 saturated heterocycles. The predicted molar refractivity (Wildman–Crippen MR) is 103 cm³/mol. The molecule has 0 aliphatic carbocycles. The van der Waals surface area contributed by atoms with Crippen molar-refractivity contribution in [2.24, 2.45) is 21.5 Å². The first-order valence-corrected chi connectivity index (χ1v) is 9.62. The fraction of sp³-hybridized carbons (Fsp3) is 0.385. The predicted octanol–water partition coefficient (Wildman–Crippen LogP) is 2.73. The lowest BCUT2D eigenvalue weighted by Gasteiger charge is -2.38. The van der Waals surface area contributed by atoms with E-state index in [1.807, 2.05) is 13.8 Å². The van der Waals surface area contributed by atoms with E-state index in [2.05, 4.69) is 9.98 Å². The quantitative estimate of drug-likeness (QED) is 0.488. The number of guanidine groups is 2. The molecule has 0 fully saturated rings. The van der Waals surface area contributed by atoms with Gasteiger partial charge >= 0.3 is 0 Å². The first kappa shape index (κ1) is 21.8. The highest BCUT2D eigenvalue weighted by atomic mass is 35.5. The van der Waals surface area contributed by atoms with E-state index in [-0.39, 0.29) is 17.7 Å². The lowest BCUT2D eigenvalue weighted by molar-refractivity contribution is 0.484. The molecular formula is C13H18Cl3N5O3S. The van der Waals surface area contributed by atoms with E-state index in [1.54, 1.807) is 17.0 Å². The molecule has 1 heterocycles. The second kappa shape index (κ2) is 7.96. The van der Waals surface area contributed by atoms with E-state index in [9.17, 15) is 8.42 Å². The zero-order valence-electron chi connectivity index (χ0n) is 13.7. The smallest absolute Gasteiger partial charge is 0.264 e. The van der Waals surface area contributed by atoms with E-state index >= 15 is 0 Å². The number of benzene rings is 1. The van der Waals surface area contributed by atoms with Crippen LogP contribution in [0.5, 0.6) is 0 Å². The van der Waals surface area contributed by atoms with Crippen LogP contribution in [0.4, 0.5) is 5.69 Å². The van der Waals surface area contributed by atoms with Crippen LogP contribution in [-0.2, 0) is 10.1 Å². The van der Waals surface area contributed by atoms with Gasteiger partial charge in [0.2, 0.25) is 11.9 Å². The summed E-state index contributed by atoms with van der Waals surface area (Å²) >= 11 is 18.0. The van der Waals surface area contributed by atoms with Crippen LogP contribution in [0, 0.1) is 0 Å². The van der Waals surface area contributed by atoms with E-state index in [0.717, 1.165) is 0 Å². The highest BCUT2D eigenvalue weighted by molar-refractivity contribution is 7.85. The third kappa shape index (κ3) is 5.89. The number of aliphatic imine (C=N–C) groups is 2. The molecule has 140 valence electrons. The largest absolute Gasteiger partial charge is 0.369 e. The molecule has 25 heavy (non-hydrogen) atoms. The summed E-state index contributed by atoms with van der Waals surface area (Å²) in [5, 5.41) is 0.950. The molecule has 0 atom stereocenters. The van der Waals surface area contributed by atoms with E-state index in [1.165, 1.54) is 6.92 Å². The van der Waals surface area contributed by atoms with Gasteiger partial charge in [-0.25, -0.2) is 4.99 Å². The van der Waals surface area contributed by atoms with Crippen LogP contribution < -0.4 is 16.4 Å². The molecule has 2 rings (SSSR count). The van der Waals surface area contributed by atoms with Gasteiger partial charge in [-0.05, 0) is 32.9 Å². The Labute approximate surface area is 161 Å². The summed E-state index contributed by atoms with van der Waals surface area (Å²) in [5.41, 5.74) is 11.5. The molecule has 5 N–H and O–H groups in total. The van der Waals surface area contributed by atoms with Gasteiger partial charge in [0.05, 0.1) is 20.8 Å². The molecule has 0 unspecified atom stereocenters. The van der Waals surface area contributed by atoms with Crippen molar-refractivity contribution in [2.75, 3.05) is 10.7 Å². The van der Waals surface area contributed by atoms with Gasteiger partial charge in [-0.1, -0.05) is 34.8 Å². The summed E-state index contributed by atoms with van der Waals surface area (Å²) in [7, 11) is -3.66. The first-order chi connectivity index (χ1) is 11.3. The standard InChI is InChI=1S/C11H12Cl3N5.C2H6O3S/c1-11(2)18-9(15)17-10(16)19(11)5-3-6(12)8(14)7(13)4-5;1-2-6(3,4)5/h3-4H,1-2H3,(H4,15,16,17,18);2H2,1H3,(H,3,4,5). The van der Waals surface area contributed by atoms with Crippen molar-refractivity contribution in [3.63, 3.8) is 0 Å². The zero-order valence-corrected chi connectivity index (χ0v) is 16.7. The van der Waals surface area contributed by atoms with Crippen LogP contribution in [0.25, 0.3) is 0 Å². The number of rotatable bonds is 2. The fourth-order valence-corrected chi connectivity index (χ4v) is 2.51. The number of nitrogens with two attached hydrogens (primary N) is 2. The van der Waals surface area contributed by atoms with Crippen molar-refractivity contribution in [3.8, 4) is 0 Å². The second-order valence-corrected chi connectivity index (χ2v) is 8.30. The Balaban J connectivity index is 0.000000450. The second-order valence-electron chi connectivity index (χ2n) is 5.36. The molecule has 12 heteroatoms. The maximum Gasteiger partial charge on any atom is 0.264 e. The average Bonchev–Trinajstić information content (AvgIpc) is 2.42. The summed E-state index contributed by atoms with van der Waals surface area (Å²) in [6, 6.07) is 3.30. The molecule has 1 aromatic carbocycles. The molecule has 1 aromatic rings. The Morgan fingerprint density at radius 1 is 1.20 bits per heavy atom. The maximum atomic E-state index is 9.56. The number of nitrogens with zero attached hydrogens (tertiary/aromatic N) is 3. The van der Waals surface area contributed by atoms with Crippen LogP contribution >= 0.6 is 34.8 Å². The third-order valence-electron chi connectivity index (χ3n) is 2.99. The third-order valence-corrected chi connectivity index (χ3v) is 4.91. The van der Waals surface area contributed by atoms with Gasteiger partial charge in [0.25, 0.3) is 10.1 Å². The van der Waals surface area contributed by atoms with Gasteiger partial charge in [0.15, 0.2) is 0 Å². The van der Waals surface area contributed by atoms with Crippen molar-refractivity contribution in [1.29, 1.82) is 0 Å². The normalized spacial score (nSPS) is 16.5. The van der Waals surface area contributed by atoms with Crippen LogP contribution in [-0.4, -0.2) is 36.3 Å². The molecule has 0 aromatic heterocycles. The lowest BCUT2D eigenvalue weighted by Crippen LogP contribution is -2.54. The minimum absolute atomic E-state index is 0.130. The van der Waals surface area contributed by atoms with Gasteiger partial charge in [-0.3, -0.25) is 9.45 Å². The summed E-state index contributed by atoms with van der Waals surface area (Å²) < 4.78 is 26.9. The van der Waals surface area contributed by atoms with Gasteiger partial charge in [0, 0.05) is 5.69 Å². The highest BCUT2D eigenvalue weighted by Gasteiger charge is 2.33. The summed E-state index contributed by atoms with van der Waals surface area (Å²) in [5.74, 6) is 0.143. The van der Waals surface area contributed by atoms with E-state index in [4.69, 9.17) is 50.8 Å². The Bertz CT molecular complexity index is 801. The Morgan fingerprint density at radius 2 is 1.64 bits per heavy atom. The van der Waals surface area contributed by atoms with Crippen molar-refractivity contribution >= 4 is 62.5 Å². The van der Waals surface area contributed by atoms with Gasteiger partial charge in [0.1, 0.15) is 5.66 Å². The molecule has 0 amide bonds. The van der Waals surface area contributed by atoms with Crippen LogP contribution in [0.15, 0.2) is 22.1 Å². The van der Waals surface area contributed by atoms with Gasteiger partial charge < -0.3 is 11.5 Å². The average molecular weight is 431 g/mol. The van der Waals surface area contributed by atoms with Crippen molar-refractivity contribution in [3.05, 3.63) is 27.2 Å². The SMILES string of the molecule is CC1(C)N=C(N)N=C(N)N1c1cc(Cl)c(Cl)c(Cl)c1.CCS(=O)(=O)O.